The van der Waals surface area contributed by atoms with Gasteiger partial charge >= 0.3 is 5.97 Å². The lowest BCUT2D eigenvalue weighted by Gasteiger charge is -2.16. The monoisotopic (exact) mass is 489 g/mol. The molecule has 1 heterocycles. The quantitative estimate of drug-likeness (QED) is 0.429. The Morgan fingerprint density at radius 3 is 2.45 bits per heavy atom. The molecule has 1 amide bonds. The van der Waals surface area contributed by atoms with Gasteiger partial charge in [-0.2, -0.15) is 4.99 Å². The smallest absolute Gasteiger partial charge is 0.326 e. The number of carbonyl (C=O) groups excluding carboxylic acids is 2. The molecule has 0 spiro atoms. The van der Waals surface area contributed by atoms with Gasteiger partial charge in [-0.05, 0) is 49.7 Å². The molecule has 0 N–H and O–H groups in total. The lowest BCUT2D eigenvalue weighted by Crippen LogP contribution is -2.27. The number of thiazole rings is 1. The van der Waals surface area contributed by atoms with Crippen LogP contribution >= 0.6 is 11.3 Å². The number of benzene rings is 2. The van der Waals surface area contributed by atoms with Crippen LogP contribution in [-0.2, 0) is 26.1 Å². The van der Waals surface area contributed by atoms with Crippen LogP contribution < -0.4 is 4.80 Å². The molecular weight excluding hydrogens is 462 g/mol. The van der Waals surface area contributed by atoms with Crippen LogP contribution in [0.3, 0.4) is 0 Å². The number of aromatic nitrogens is 1. The van der Waals surface area contributed by atoms with Gasteiger partial charge in [0.25, 0.3) is 5.91 Å². The molecule has 3 aromatic rings. The topological polar surface area (TPSA) is 98.0 Å². The van der Waals surface area contributed by atoms with Gasteiger partial charge in [0, 0.05) is 19.2 Å². The van der Waals surface area contributed by atoms with Crippen molar-refractivity contribution in [1.82, 2.24) is 8.87 Å². The highest BCUT2D eigenvalue weighted by atomic mass is 32.2. The summed E-state index contributed by atoms with van der Waals surface area (Å²) in [5, 5.41) is 0. The molecule has 0 fully saturated rings. The highest BCUT2D eigenvalue weighted by Crippen LogP contribution is 2.18. The van der Waals surface area contributed by atoms with Crippen LogP contribution in [0, 0.1) is 0 Å². The minimum Gasteiger partial charge on any atom is -0.465 e. The number of amides is 1. The first-order chi connectivity index (χ1) is 15.8. The summed E-state index contributed by atoms with van der Waals surface area (Å²) in [6, 6.07) is 13.2. The third kappa shape index (κ3) is 5.76. The summed E-state index contributed by atoms with van der Waals surface area (Å²) in [5.74, 6) is -0.945. The summed E-state index contributed by atoms with van der Waals surface area (Å²) >= 11 is 1.29. The number of hydrogen-bond donors (Lipinski definition) is 0. The molecule has 0 aliphatic heterocycles. The molecule has 0 atom stereocenters. The Kier molecular flexibility index (Phi) is 8.17. The normalized spacial score (nSPS) is 12.4. The van der Waals surface area contributed by atoms with Gasteiger partial charge in [-0.25, -0.2) is 12.7 Å². The zero-order valence-corrected chi connectivity index (χ0v) is 20.5. The predicted molar refractivity (Wildman–Crippen MR) is 128 cm³/mol. The largest absolute Gasteiger partial charge is 0.465 e. The van der Waals surface area contributed by atoms with Crippen molar-refractivity contribution in [3.63, 3.8) is 0 Å². The summed E-state index contributed by atoms with van der Waals surface area (Å²) in [4.78, 5) is 29.6. The fourth-order valence-electron chi connectivity index (χ4n) is 3.20. The van der Waals surface area contributed by atoms with Crippen LogP contribution in [0.25, 0.3) is 10.2 Å². The highest BCUT2D eigenvalue weighted by Gasteiger charge is 2.20. The van der Waals surface area contributed by atoms with E-state index in [9.17, 15) is 18.0 Å². The molecule has 0 radical (unpaired) electrons. The van der Waals surface area contributed by atoms with Crippen LogP contribution in [0.1, 0.15) is 37.0 Å². The van der Waals surface area contributed by atoms with Crippen molar-refractivity contribution in [3.8, 4) is 0 Å². The molecule has 1 aromatic heterocycles. The number of ether oxygens (including phenoxy) is 1. The molecule has 0 aliphatic rings. The zero-order valence-electron chi connectivity index (χ0n) is 18.9. The minimum atomic E-state index is -3.62. The number of sulfonamides is 1. The summed E-state index contributed by atoms with van der Waals surface area (Å²) in [6.45, 7) is 4.36. The predicted octanol–water partition coefficient (Wildman–Crippen LogP) is 3.43. The first kappa shape index (κ1) is 24.8. The van der Waals surface area contributed by atoms with Gasteiger partial charge in [0.05, 0.1) is 21.7 Å². The third-order valence-electron chi connectivity index (χ3n) is 5.01. The molecule has 8 nitrogen and oxygen atoms in total. The van der Waals surface area contributed by atoms with Crippen LogP contribution in [0.4, 0.5) is 0 Å². The third-order valence-corrected chi connectivity index (χ3v) is 7.94. The molecule has 3 rings (SSSR count). The minimum absolute atomic E-state index is 0.0642. The number of esters is 1. The Morgan fingerprint density at radius 2 is 1.79 bits per heavy atom. The van der Waals surface area contributed by atoms with E-state index in [0.717, 1.165) is 23.1 Å². The van der Waals surface area contributed by atoms with Crippen molar-refractivity contribution >= 4 is 43.5 Å². The molecule has 2 aromatic carbocycles. The summed E-state index contributed by atoms with van der Waals surface area (Å²) in [6.07, 6.45) is 1.66. The van der Waals surface area contributed by atoms with Crippen molar-refractivity contribution in [3.05, 3.63) is 58.9 Å². The number of para-hydroxylation sites is 1. The van der Waals surface area contributed by atoms with Crippen LogP contribution in [0.2, 0.25) is 0 Å². The van der Waals surface area contributed by atoms with E-state index in [-0.39, 0.29) is 23.6 Å². The Balaban J connectivity index is 1.92. The molecule has 0 saturated heterocycles. The van der Waals surface area contributed by atoms with Gasteiger partial charge in [0.2, 0.25) is 10.0 Å². The van der Waals surface area contributed by atoms with Crippen molar-refractivity contribution in [1.29, 1.82) is 0 Å². The molecule has 0 bridgehead atoms. The van der Waals surface area contributed by atoms with Crippen LogP contribution in [-0.4, -0.2) is 49.4 Å². The standard InChI is InChI=1S/C23H27N3O5S2/c1-4-6-15-25(3)33(29,30)18-13-11-17(12-14-18)22(28)24-23-26(16-21(27)31-5-2)19-9-7-8-10-20(19)32-23/h7-14H,4-6,15-16H2,1-3H3. The van der Waals surface area contributed by atoms with E-state index >= 15 is 0 Å². The number of carbonyl (C=O) groups is 2. The number of hydrogen-bond acceptors (Lipinski definition) is 6. The molecule has 33 heavy (non-hydrogen) atoms. The number of nitrogens with zero attached hydrogens (tertiary/aromatic N) is 3. The number of unbranched alkanes of at least 4 members (excludes halogenated alkanes) is 1. The first-order valence-electron chi connectivity index (χ1n) is 10.7. The SMILES string of the molecule is CCCCN(C)S(=O)(=O)c1ccc(C(=O)N=c2sc3ccccc3n2CC(=O)OCC)cc1. The van der Waals surface area contributed by atoms with Gasteiger partial charge in [0.1, 0.15) is 6.54 Å². The maximum absolute atomic E-state index is 12.8. The van der Waals surface area contributed by atoms with Crippen molar-refractivity contribution in [2.75, 3.05) is 20.2 Å². The molecule has 0 aliphatic carbocycles. The van der Waals surface area contributed by atoms with E-state index in [1.54, 1.807) is 18.5 Å². The van der Waals surface area contributed by atoms with Gasteiger partial charge in [-0.1, -0.05) is 36.8 Å². The van der Waals surface area contributed by atoms with Crippen LogP contribution in [0.15, 0.2) is 58.4 Å². The van der Waals surface area contributed by atoms with Crippen molar-refractivity contribution in [2.24, 2.45) is 4.99 Å². The van der Waals surface area contributed by atoms with E-state index in [4.69, 9.17) is 4.74 Å². The summed E-state index contributed by atoms with van der Waals surface area (Å²) in [5.41, 5.74) is 1.03. The molecule has 10 heteroatoms. The van der Waals surface area contributed by atoms with Crippen molar-refractivity contribution in [2.45, 2.75) is 38.1 Å². The van der Waals surface area contributed by atoms with E-state index in [1.807, 2.05) is 31.2 Å². The molecule has 176 valence electrons. The molecule has 0 unspecified atom stereocenters. The van der Waals surface area contributed by atoms with Gasteiger partial charge in [-0.15, -0.1) is 0 Å². The maximum Gasteiger partial charge on any atom is 0.326 e. The average Bonchev–Trinajstić information content (AvgIpc) is 3.14. The Hall–Kier alpha value is -2.82. The van der Waals surface area contributed by atoms with Gasteiger partial charge < -0.3 is 9.30 Å². The first-order valence-corrected chi connectivity index (χ1v) is 12.9. The maximum atomic E-state index is 12.8. The Labute approximate surface area is 197 Å². The van der Waals surface area contributed by atoms with Gasteiger partial charge in [-0.3, -0.25) is 9.59 Å². The fourth-order valence-corrected chi connectivity index (χ4v) is 5.43. The van der Waals surface area contributed by atoms with E-state index in [1.165, 1.54) is 39.9 Å². The van der Waals surface area contributed by atoms with Crippen LogP contribution in [0.5, 0.6) is 0 Å². The molecule has 0 saturated carbocycles. The van der Waals surface area contributed by atoms with E-state index in [2.05, 4.69) is 4.99 Å². The second-order valence-electron chi connectivity index (χ2n) is 7.36. The second-order valence-corrected chi connectivity index (χ2v) is 10.4. The highest BCUT2D eigenvalue weighted by molar-refractivity contribution is 7.89. The number of rotatable bonds is 9. The molecular formula is C23H27N3O5S2. The summed E-state index contributed by atoms with van der Waals surface area (Å²) < 4.78 is 34.3. The summed E-state index contributed by atoms with van der Waals surface area (Å²) in [7, 11) is -2.07. The zero-order chi connectivity index (χ0) is 24.0. The lowest BCUT2D eigenvalue weighted by atomic mass is 10.2. The lowest BCUT2D eigenvalue weighted by molar-refractivity contribution is -0.143. The second kappa shape index (κ2) is 10.9. The Morgan fingerprint density at radius 1 is 1.09 bits per heavy atom. The van der Waals surface area contributed by atoms with E-state index in [0.29, 0.717) is 11.3 Å². The van der Waals surface area contributed by atoms with E-state index < -0.39 is 21.9 Å². The Bertz CT molecular complexity index is 1310. The number of fused-ring (bicyclic) bond motifs is 1. The average molecular weight is 490 g/mol. The van der Waals surface area contributed by atoms with Crippen molar-refractivity contribution < 1.29 is 22.7 Å². The fraction of sp³-hybridized carbons (Fsp3) is 0.348. The van der Waals surface area contributed by atoms with Gasteiger partial charge in [0.15, 0.2) is 4.80 Å².